The first-order valence-corrected chi connectivity index (χ1v) is 7.54. The van der Waals surface area contributed by atoms with Crippen molar-refractivity contribution >= 4 is 29.3 Å². The van der Waals surface area contributed by atoms with Gasteiger partial charge in [0.15, 0.2) is 5.75 Å². The number of anilines is 1. The van der Waals surface area contributed by atoms with Gasteiger partial charge in [-0.2, -0.15) is 0 Å². The average Bonchev–Trinajstić information content (AvgIpc) is 2.67. The Morgan fingerprint density at radius 3 is 2.73 bits per heavy atom. The van der Waals surface area contributed by atoms with E-state index in [4.69, 9.17) is 16.3 Å². The summed E-state index contributed by atoms with van der Waals surface area (Å²) < 4.78 is 5.01. The molecule has 0 bridgehead atoms. The number of rotatable bonds is 2. The fourth-order valence-electron chi connectivity index (χ4n) is 2.52. The van der Waals surface area contributed by atoms with Crippen molar-refractivity contribution in [2.45, 2.75) is 26.7 Å². The molecule has 1 heterocycles. The van der Waals surface area contributed by atoms with Crippen molar-refractivity contribution < 1.29 is 19.4 Å². The Balaban J connectivity index is 2.27. The van der Waals surface area contributed by atoms with Gasteiger partial charge in [-0.1, -0.05) is 11.6 Å². The molecule has 0 aliphatic carbocycles. The molecule has 1 aliphatic heterocycles. The molecule has 0 atom stereocenters. The number of benzene rings is 1. The number of aromatic hydroxyl groups is 1. The highest BCUT2D eigenvalue weighted by Crippen LogP contribution is 2.38. The smallest absolute Gasteiger partial charge is 0.409 e. The van der Waals surface area contributed by atoms with Gasteiger partial charge >= 0.3 is 6.09 Å². The van der Waals surface area contributed by atoms with E-state index in [1.165, 1.54) is 6.92 Å². The van der Waals surface area contributed by atoms with Crippen LogP contribution in [0.25, 0.3) is 0 Å². The van der Waals surface area contributed by atoms with Crippen molar-refractivity contribution in [1.82, 2.24) is 4.90 Å². The number of hydrogen-bond donors (Lipinski definition) is 2. The summed E-state index contributed by atoms with van der Waals surface area (Å²) in [4.78, 5) is 24.6. The van der Waals surface area contributed by atoms with Gasteiger partial charge in [0.2, 0.25) is 5.91 Å². The minimum absolute atomic E-state index is 0.139. The lowest BCUT2D eigenvalue weighted by atomic mass is 10.0. The lowest BCUT2D eigenvalue weighted by Crippen LogP contribution is -2.33. The minimum atomic E-state index is -0.349. The van der Waals surface area contributed by atoms with Gasteiger partial charge in [-0.15, -0.1) is 0 Å². The van der Waals surface area contributed by atoms with Crippen molar-refractivity contribution in [3.8, 4) is 5.75 Å². The summed E-state index contributed by atoms with van der Waals surface area (Å²) in [7, 11) is 0. The summed E-state index contributed by atoms with van der Waals surface area (Å²) in [5.41, 5.74) is 2.01. The third-order valence-corrected chi connectivity index (χ3v) is 3.96. The van der Waals surface area contributed by atoms with Gasteiger partial charge in [0, 0.05) is 20.0 Å². The number of phenolic OH excluding ortho intramolecular Hbond substituents is 1. The Morgan fingerprint density at radius 1 is 1.41 bits per heavy atom. The molecule has 0 aromatic heterocycles. The van der Waals surface area contributed by atoms with Crippen LogP contribution in [0.4, 0.5) is 10.5 Å². The van der Waals surface area contributed by atoms with Gasteiger partial charge in [-0.25, -0.2) is 4.79 Å². The third kappa shape index (κ3) is 3.44. The van der Waals surface area contributed by atoms with Crippen molar-refractivity contribution in [3.63, 3.8) is 0 Å². The molecule has 1 aliphatic rings. The van der Waals surface area contributed by atoms with Gasteiger partial charge in [0.25, 0.3) is 0 Å². The van der Waals surface area contributed by atoms with E-state index in [-0.39, 0.29) is 22.8 Å². The Bertz CT molecular complexity index is 604. The van der Waals surface area contributed by atoms with Gasteiger partial charge in [0.05, 0.1) is 17.3 Å². The zero-order valence-electron chi connectivity index (χ0n) is 12.6. The average molecular weight is 327 g/mol. The van der Waals surface area contributed by atoms with Gasteiger partial charge in [-0.3, -0.25) is 4.79 Å². The molecule has 1 aromatic rings. The number of carbonyl (C=O) groups is 2. The van der Waals surface area contributed by atoms with Crippen LogP contribution in [-0.4, -0.2) is 41.7 Å². The number of phenols is 1. The summed E-state index contributed by atoms with van der Waals surface area (Å²) >= 11 is 6.22. The molecule has 0 spiro atoms. The van der Waals surface area contributed by atoms with Crippen LogP contribution in [0, 0.1) is 0 Å². The SMILES string of the molecule is CCOC(=O)N1CCc2cc(NC(C)=O)c(O)c(Cl)c2CC1. The second-order valence-corrected chi connectivity index (χ2v) is 5.47. The largest absolute Gasteiger partial charge is 0.504 e. The van der Waals surface area contributed by atoms with Crippen LogP contribution >= 0.6 is 11.6 Å². The molecule has 0 fully saturated rings. The summed E-state index contributed by atoms with van der Waals surface area (Å²) in [6, 6.07) is 1.71. The first-order valence-electron chi connectivity index (χ1n) is 7.16. The second-order valence-electron chi connectivity index (χ2n) is 5.09. The minimum Gasteiger partial charge on any atom is -0.504 e. The zero-order valence-corrected chi connectivity index (χ0v) is 13.4. The van der Waals surface area contributed by atoms with Crippen LogP contribution in [0.5, 0.6) is 5.75 Å². The third-order valence-electron chi connectivity index (χ3n) is 3.55. The lowest BCUT2D eigenvalue weighted by Gasteiger charge is -2.18. The molecule has 2 rings (SSSR count). The number of halogens is 1. The highest BCUT2D eigenvalue weighted by atomic mass is 35.5. The first-order chi connectivity index (χ1) is 10.4. The number of hydrogen-bond acceptors (Lipinski definition) is 4. The topological polar surface area (TPSA) is 78.9 Å². The monoisotopic (exact) mass is 326 g/mol. The molecule has 22 heavy (non-hydrogen) atoms. The summed E-state index contributed by atoms with van der Waals surface area (Å²) in [6.07, 6.45) is 0.763. The molecule has 2 N–H and O–H groups in total. The maximum atomic E-state index is 11.8. The highest BCUT2D eigenvalue weighted by Gasteiger charge is 2.23. The molecule has 0 saturated carbocycles. The number of carbonyl (C=O) groups excluding carboxylic acids is 2. The van der Waals surface area contributed by atoms with E-state index in [0.717, 1.165) is 11.1 Å². The Hall–Kier alpha value is -1.95. The molecular weight excluding hydrogens is 308 g/mol. The van der Waals surface area contributed by atoms with Gasteiger partial charge < -0.3 is 20.1 Å². The van der Waals surface area contributed by atoms with E-state index < -0.39 is 0 Å². The maximum absolute atomic E-state index is 11.8. The van der Waals surface area contributed by atoms with E-state index >= 15 is 0 Å². The fraction of sp³-hybridized carbons (Fsp3) is 0.467. The van der Waals surface area contributed by atoms with Crippen molar-refractivity contribution in [1.29, 1.82) is 0 Å². The van der Waals surface area contributed by atoms with Gasteiger partial charge in [0.1, 0.15) is 0 Å². The van der Waals surface area contributed by atoms with Crippen LogP contribution in [-0.2, 0) is 22.4 Å². The van der Waals surface area contributed by atoms with Crippen molar-refractivity contribution in [2.75, 3.05) is 25.0 Å². The van der Waals surface area contributed by atoms with Gasteiger partial charge in [-0.05, 0) is 37.0 Å². The molecule has 1 aromatic carbocycles. The molecule has 7 heteroatoms. The van der Waals surface area contributed by atoms with E-state index in [1.54, 1.807) is 17.9 Å². The van der Waals surface area contributed by atoms with E-state index in [2.05, 4.69) is 5.32 Å². The summed E-state index contributed by atoms with van der Waals surface area (Å²) in [5.74, 6) is -0.423. The standard InChI is InChI=1S/C15H19ClN2O4/c1-3-22-15(21)18-6-4-10-8-12(17-9(2)19)14(20)13(16)11(10)5-7-18/h8,20H,3-7H2,1-2H3,(H,17,19). The van der Waals surface area contributed by atoms with Crippen molar-refractivity contribution in [2.24, 2.45) is 0 Å². The van der Waals surface area contributed by atoms with E-state index in [0.29, 0.717) is 38.2 Å². The number of nitrogens with zero attached hydrogens (tertiary/aromatic N) is 1. The molecule has 2 amide bonds. The molecule has 0 unspecified atom stereocenters. The van der Waals surface area contributed by atoms with Crippen LogP contribution in [0.3, 0.4) is 0 Å². The molecule has 6 nitrogen and oxygen atoms in total. The number of ether oxygens (including phenoxy) is 1. The summed E-state index contributed by atoms with van der Waals surface area (Å²) in [5, 5.41) is 12.9. The first kappa shape index (κ1) is 16.4. The molecular formula is C15H19ClN2O4. The molecule has 120 valence electrons. The van der Waals surface area contributed by atoms with Crippen LogP contribution < -0.4 is 5.32 Å². The fourth-order valence-corrected chi connectivity index (χ4v) is 2.84. The van der Waals surface area contributed by atoms with Crippen LogP contribution in [0.1, 0.15) is 25.0 Å². The molecule has 0 saturated heterocycles. The Labute approximate surface area is 134 Å². The molecule has 0 radical (unpaired) electrons. The quantitative estimate of drug-likeness (QED) is 0.819. The maximum Gasteiger partial charge on any atom is 0.409 e. The Kier molecular flexibility index (Phi) is 5.13. The van der Waals surface area contributed by atoms with Crippen molar-refractivity contribution in [3.05, 3.63) is 22.2 Å². The predicted octanol–water partition coefficient (Wildman–Crippen LogP) is 2.56. The van der Waals surface area contributed by atoms with Crippen LogP contribution in [0.2, 0.25) is 5.02 Å². The Morgan fingerprint density at radius 2 is 2.09 bits per heavy atom. The summed E-state index contributed by atoms with van der Waals surface area (Å²) in [6.45, 7) is 4.44. The highest BCUT2D eigenvalue weighted by molar-refractivity contribution is 6.33. The zero-order chi connectivity index (χ0) is 16.3. The number of nitrogens with one attached hydrogen (secondary N) is 1. The van der Waals surface area contributed by atoms with E-state index in [1.807, 2.05) is 0 Å². The van der Waals surface area contributed by atoms with Crippen LogP contribution in [0.15, 0.2) is 6.07 Å². The number of amides is 2. The normalized spacial score (nSPS) is 14.0. The number of fused-ring (bicyclic) bond motifs is 1. The second kappa shape index (κ2) is 6.87. The van der Waals surface area contributed by atoms with E-state index in [9.17, 15) is 14.7 Å². The lowest BCUT2D eigenvalue weighted by molar-refractivity contribution is -0.114. The predicted molar refractivity (Wildman–Crippen MR) is 83.4 cm³/mol.